The average Bonchev–Trinajstić information content (AvgIpc) is 3.66. The number of allylic oxidation sites excluding steroid dienone is 2. The molecule has 1 aromatic carbocycles. The van der Waals surface area contributed by atoms with Gasteiger partial charge in [-0.2, -0.15) is 0 Å². The molecular formula is C43H56O13. The lowest BCUT2D eigenvalue weighted by Gasteiger charge is -2.74. The normalized spacial score (nSPS) is 53.8. The summed E-state index contributed by atoms with van der Waals surface area (Å²) in [6.45, 7) is 8.76. The van der Waals surface area contributed by atoms with E-state index in [2.05, 4.69) is 6.92 Å². The van der Waals surface area contributed by atoms with Crippen LogP contribution in [0.4, 0.5) is 0 Å². The SMILES string of the molecule is CC(C)CC(=O)O[C@@H]1/C=C\C=C\C(=O)O[C@H]2CC[C@@H]3[C@@]2(O)[C@H](O)[C@@]2(CO)O[C@H]2[C@H]2[C@H]4O[C@]5(c6ccccc6)O[C@@H]([C@@H](C)[C@@]23O5)[C@@]4(O)[C@](C)(O)C[C@H]2CC[C@H]1[C@H]2C. The van der Waals surface area contributed by atoms with Gasteiger partial charge in [0.25, 0.3) is 0 Å². The molecule has 0 unspecified atom stereocenters. The van der Waals surface area contributed by atoms with Crippen LogP contribution in [0.1, 0.15) is 78.7 Å². The first-order valence-electron chi connectivity index (χ1n) is 20.5. The van der Waals surface area contributed by atoms with Crippen molar-refractivity contribution in [2.24, 2.45) is 41.4 Å². The van der Waals surface area contributed by atoms with Crippen LogP contribution < -0.4 is 0 Å². The van der Waals surface area contributed by atoms with E-state index in [4.69, 9.17) is 28.4 Å². The van der Waals surface area contributed by atoms with Crippen LogP contribution in [-0.4, -0.2) is 109 Å². The van der Waals surface area contributed by atoms with Gasteiger partial charge >= 0.3 is 17.9 Å². The molecule has 10 rings (SSSR count). The van der Waals surface area contributed by atoms with Crippen LogP contribution in [-0.2, 0) is 44.0 Å². The van der Waals surface area contributed by atoms with E-state index >= 15 is 0 Å². The van der Waals surface area contributed by atoms with Crippen molar-refractivity contribution >= 4 is 11.9 Å². The highest BCUT2D eigenvalue weighted by Crippen LogP contribution is 2.74. The predicted octanol–water partition coefficient (Wildman–Crippen LogP) is 2.79. The Balaban J connectivity index is 1.21. The lowest BCUT2D eigenvalue weighted by Crippen LogP contribution is -2.89. The van der Waals surface area contributed by atoms with Crippen molar-refractivity contribution in [1.29, 1.82) is 0 Å². The maximum absolute atomic E-state index is 13.5. The Morgan fingerprint density at radius 2 is 1.70 bits per heavy atom. The Morgan fingerprint density at radius 3 is 2.41 bits per heavy atom. The van der Waals surface area contributed by atoms with Crippen LogP contribution in [0.5, 0.6) is 0 Å². The van der Waals surface area contributed by atoms with Crippen LogP contribution >= 0.6 is 0 Å². The number of esters is 2. The summed E-state index contributed by atoms with van der Waals surface area (Å²) in [5.74, 6) is -5.74. The molecule has 5 aliphatic heterocycles. The highest BCUT2D eigenvalue weighted by Gasteiger charge is 2.90. The summed E-state index contributed by atoms with van der Waals surface area (Å²) in [5, 5.41) is 62.8. The van der Waals surface area contributed by atoms with E-state index in [-0.39, 0.29) is 55.3 Å². The van der Waals surface area contributed by atoms with Gasteiger partial charge in [-0.05, 0) is 62.9 Å². The molecular weight excluding hydrogens is 724 g/mol. The number of aliphatic hydroxyl groups excluding tert-OH is 2. The second kappa shape index (κ2) is 12.9. The minimum absolute atomic E-state index is 0.0587. The second-order valence-corrected chi connectivity index (χ2v) is 18.7. The molecule has 5 N–H and O–H groups in total. The van der Waals surface area contributed by atoms with Crippen LogP contribution in [0.2, 0.25) is 0 Å². The molecule has 0 radical (unpaired) electrons. The number of rotatable bonds is 5. The first-order valence-corrected chi connectivity index (χ1v) is 20.5. The van der Waals surface area contributed by atoms with Gasteiger partial charge in [0.05, 0.1) is 17.8 Å². The van der Waals surface area contributed by atoms with E-state index in [1.807, 2.05) is 39.0 Å². The monoisotopic (exact) mass is 780 g/mol. The fourth-order valence-corrected chi connectivity index (χ4v) is 12.7. The number of hydrogen-bond donors (Lipinski definition) is 5. The largest absolute Gasteiger partial charge is 0.458 e. The van der Waals surface area contributed by atoms with Crippen molar-refractivity contribution in [2.45, 2.75) is 144 Å². The molecule has 1 aromatic rings. The lowest BCUT2D eigenvalue weighted by atomic mass is 9.49. The summed E-state index contributed by atoms with van der Waals surface area (Å²) in [6, 6.07) is 9.03. The lowest BCUT2D eigenvalue weighted by molar-refractivity contribution is -0.595. The molecule has 4 saturated carbocycles. The van der Waals surface area contributed by atoms with Gasteiger partial charge in [0.15, 0.2) is 0 Å². The maximum Gasteiger partial charge on any atom is 0.331 e. The van der Waals surface area contributed by atoms with Crippen molar-refractivity contribution in [3.8, 4) is 0 Å². The molecule has 306 valence electrons. The molecule has 0 aromatic heterocycles. The summed E-state index contributed by atoms with van der Waals surface area (Å²) >= 11 is 0. The van der Waals surface area contributed by atoms with E-state index in [1.165, 1.54) is 12.2 Å². The molecule has 13 heteroatoms. The fraction of sp³-hybridized carbons (Fsp3) is 0.721. The van der Waals surface area contributed by atoms with E-state index in [9.17, 15) is 35.1 Å². The summed E-state index contributed by atoms with van der Waals surface area (Å²) in [7, 11) is 0. The predicted molar refractivity (Wildman–Crippen MR) is 196 cm³/mol. The molecule has 13 nitrogen and oxygen atoms in total. The van der Waals surface area contributed by atoms with E-state index < -0.39 is 101 Å². The highest BCUT2D eigenvalue weighted by molar-refractivity contribution is 5.82. The van der Waals surface area contributed by atoms with Gasteiger partial charge in [-0.3, -0.25) is 4.79 Å². The van der Waals surface area contributed by atoms with Crippen LogP contribution in [0.3, 0.4) is 0 Å². The molecule has 4 saturated heterocycles. The molecule has 8 fully saturated rings. The van der Waals surface area contributed by atoms with Crippen molar-refractivity contribution < 1.29 is 63.5 Å². The summed E-state index contributed by atoms with van der Waals surface area (Å²) in [5.41, 5.74) is -8.74. The number of hydrogen-bond acceptors (Lipinski definition) is 13. The number of aliphatic hydroxyl groups is 5. The summed E-state index contributed by atoms with van der Waals surface area (Å²) in [6.07, 6.45) is 1.39. The van der Waals surface area contributed by atoms with Gasteiger partial charge in [-0.15, -0.1) is 0 Å². The molecule has 9 aliphatic rings. The Morgan fingerprint density at radius 1 is 0.964 bits per heavy atom. The van der Waals surface area contributed by atoms with Crippen molar-refractivity contribution in [3.05, 3.63) is 60.2 Å². The Bertz CT molecular complexity index is 1800. The van der Waals surface area contributed by atoms with Gasteiger partial charge in [0, 0.05) is 41.7 Å². The third-order valence-electron chi connectivity index (χ3n) is 15.4. The Labute approximate surface area is 326 Å². The quantitative estimate of drug-likeness (QED) is 0.217. The zero-order valence-corrected chi connectivity index (χ0v) is 32.7. The first kappa shape index (κ1) is 38.8. The number of carbonyl (C=O) groups excluding carboxylic acids is 2. The van der Waals surface area contributed by atoms with Crippen LogP contribution in [0.15, 0.2) is 54.6 Å². The molecule has 4 aliphatic carbocycles. The first-order chi connectivity index (χ1) is 26.5. The second-order valence-electron chi connectivity index (χ2n) is 18.7. The third-order valence-corrected chi connectivity index (χ3v) is 15.4. The van der Waals surface area contributed by atoms with Gasteiger partial charge in [-0.1, -0.05) is 70.2 Å². The van der Waals surface area contributed by atoms with E-state index in [1.54, 1.807) is 31.2 Å². The molecule has 0 amide bonds. The van der Waals surface area contributed by atoms with Gasteiger partial charge in [0.2, 0.25) is 0 Å². The highest BCUT2D eigenvalue weighted by atomic mass is 16.9. The maximum atomic E-state index is 13.5. The zero-order valence-electron chi connectivity index (χ0n) is 32.7. The summed E-state index contributed by atoms with van der Waals surface area (Å²) < 4.78 is 39.3. The molecule has 56 heavy (non-hydrogen) atoms. The average molecular weight is 781 g/mol. The number of ether oxygens (including phenoxy) is 6. The Hall–Kier alpha value is -2.72. The fourth-order valence-electron chi connectivity index (χ4n) is 12.7. The topological polar surface area (TPSA) is 194 Å². The van der Waals surface area contributed by atoms with Crippen molar-refractivity contribution in [1.82, 2.24) is 0 Å². The Kier molecular flexibility index (Phi) is 8.93. The standard InChI is InChI=1S/C43H56O13/c1-22(2)19-32(46)51-28-13-9-10-14-31(45)52-30-18-17-29-40(30,49)37(47)39(21-44)35(53-39)33-36-42(50,38(5,48)20-25-15-16-27(28)23(25)3)34-24(4)41(29,33)56-43(54-34,55-36)26-11-7-6-8-12-26/h6-14,22-25,27-30,33-37,44,47-50H,15-21H2,1-5H3/b13-9-,14-10+/t23-,24+,25+,27-,28+,29+,30-,33-,34-,35-,36+,37+,38+,39-,40-,41-,42-,43-/m0/s1. The molecule has 5 heterocycles. The molecule has 1 spiro atoms. The smallest absolute Gasteiger partial charge is 0.331 e. The van der Waals surface area contributed by atoms with Gasteiger partial charge < -0.3 is 54.0 Å². The molecule has 18 atom stereocenters. The van der Waals surface area contributed by atoms with E-state index in [0.29, 0.717) is 18.4 Å². The zero-order chi connectivity index (χ0) is 39.8. The van der Waals surface area contributed by atoms with E-state index in [0.717, 1.165) is 0 Å². The number of carbonyl (C=O) groups is 2. The minimum atomic E-state index is -2.18. The van der Waals surface area contributed by atoms with Gasteiger partial charge in [0.1, 0.15) is 53.4 Å². The van der Waals surface area contributed by atoms with Crippen LogP contribution in [0, 0.1) is 41.4 Å². The number of benzene rings is 1. The van der Waals surface area contributed by atoms with Gasteiger partial charge in [-0.25, -0.2) is 4.79 Å². The summed E-state index contributed by atoms with van der Waals surface area (Å²) in [4.78, 5) is 26.6. The minimum Gasteiger partial charge on any atom is -0.458 e. The molecule has 10 bridgehead atoms. The number of fused-ring (bicyclic) bond motifs is 3. The van der Waals surface area contributed by atoms with Crippen molar-refractivity contribution in [2.75, 3.05) is 6.61 Å². The van der Waals surface area contributed by atoms with Crippen LogP contribution in [0.25, 0.3) is 0 Å². The number of epoxide rings is 1. The van der Waals surface area contributed by atoms with Crippen molar-refractivity contribution in [3.63, 3.8) is 0 Å². The third kappa shape index (κ3) is 5.05.